The molecule has 3 heterocycles. The second kappa shape index (κ2) is 16.7. The number of phenols is 2. The SMILES string of the molecule is CC(C)(C)CC(C)(C)c1cc(Cc2cc(C(C)(C)CC(C)(C)C)cc(-n3nc4ccccc4n3)c2O)c(O)c(-n2nc3ccccc3n2)c1.c1ccc(-c2cccc3n[nH]nc23)cc1. The summed E-state index contributed by atoms with van der Waals surface area (Å²) in [5.41, 5.74) is 11.3. The number of aromatic hydroxyl groups is 2. The molecule has 0 aliphatic heterocycles. The lowest BCUT2D eigenvalue weighted by Gasteiger charge is -2.34. The van der Waals surface area contributed by atoms with Crippen LogP contribution in [0.25, 0.3) is 55.6 Å². The Balaban J connectivity index is 0.000000311. The quantitative estimate of drug-likeness (QED) is 0.130. The molecule has 3 N–H and O–H groups in total. The first-order valence-corrected chi connectivity index (χ1v) is 22.0. The summed E-state index contributed by atoms with van der Waals surface area (Å²) >= 11 is 0. The van der Waals surface area contributed by atoms with Gasteiger partial charge in [-0.15, -0.1) is 30.0 Å². The van der Waals surface area contributed by atoms with E-state index in [1.807, 2.05) is 91.0 Å². The van der Waals surface area contributed by atoms with Gasteiger partial charge < -0.3 is 10.2 Å². The molecule has 0 aliphatic rings. The van der Waals surface area contributed by atoms with E-state index in [1.54, 1.807) is 0 Å². The molecule has 11 heteroatoms. The van der Waals surface area contributed by atoms with Crippen LogP contribution in [0.5, 0.6) is 11.5 Å². The highest BCUT2D eigenvalue weighted by molar-refractivity contribution is 5.91. The smallest absolute Gasteiger partial charge is 0.146 e. The van der Waals surface area contributed by atoms with E-state index in [0.717, 1.165) is 68.2 Å². The van der Waals surface area contributed by atoms with Crippen molar-refractivity contribution in [3.8, 4) is 34.0 Å². The van der Waals surface area contributed by atoms with Gasteiger partial charge in [0, 0.05) is 23.1 Å². The Morgan fingerprint density at radius 1 is 0.469 bits per heavy atom. The fraction of sp³-hybridized carbons (Fsp3) is 0.321. The van der Waals surface area contributed by atoms with Crippen LogP contribution in [-0.4, -0.2) is 55.6 Å². The van der Waals surface area contributed by atoms with Gasteiger partial charge in [0.15, 0.2) is 0 Å². The third-order valence-corrected chi connectivity index (χ3v) is 11.7. The van der Waals surface area contributed by atoms with Gasteiger partial charge in [-0.05, 0) is 93.7 Å². The summed E-state index contributed by atoms with van der Waals surface area (Å²) in [4.78, 5) is 3.07. The zero-order valence-corrected chi connectivity index (χ0v) is 38.6. The van der Waals surface area contributed by atoms with Crippen molar-refractivity contribution in [3.05, 3.63) is 144 Å². The molecule has 0 saturated heterocycles. The largest absolute Gasteiger partial charge is 0.505 e. The van der Waals surface area contributed by atoms with Crippen molar-refractivity contribution in [3.63, 3.8) is 0 Å². The van der Waals surface area contributed by atoms with Gasteiger partial charge in [0.05, 0.1) is 0 Å². The summed E-state index contributed by atoms with van der Waals surface area (Å²) in [7, 11) is 0. The molecule has 0 fully saturated rings. The zero-order valence-electron chi connectivity index (χ0n) is 38.6. The first-order valence-electron chi connectivity index (χ1n) is 22.0. The van der Waals surface area contributed by atoms with Crippen molar-refractivity contribution < 1.29 is 10.2 Å². The minimum atomic E-state index is -0.231. The van der Waals surface area contributed by atoms with Crippen LogP contribution in [0.2, 0.25) is 0 Å². The Kier molecular flexibility index (Phi) is 11.4. The molecule has 328 valence electrons. The Morgan fingerprint density at radius 2 is 0.875 bits per heavy atom. The van der Waals surface area contributed by atoms with Gasteiger partial charge in [-0.2, -0.15) is 15.4 Å². The summed E-state index contributed by atoms with van der Waals surface area (Å²) in [5, 5.41) is 53.8. The monoisotopic (exact) mass is 853 g/mol. The highest BCUT2D eigenvalue weighted by Gasteiger charge is 2.32. The predicted molar refractivity (Wildman–Crippen MR) is 257 cm³/mol. The Morgan fingerprint density at radius 3 is 1.30 bits per heavy atom. The van der Waals surface area contributed by atoms with Crippen LogP contribution in [-0.2, 0) is 17.3 Å². The third-order valence-electron chi connectivity index (χ3n) is 11.7. The van der Waals surface area contributed by atoms with Crippen LogP contribution in [0.15, 0.2) is 121 Å². The molecule has 11 nitrogen and oxygen atoms in total. The summed E-state index contributed by atoms with van der Waals surface area (Å²) in [6.45, 7) is 22.4. The maximum Gasteiger partial charge on any atom is 0.146 e. The molecule has 0 aliphatic carbocycles. The maximum absolute atomic E-state index is 12.0. The highest BCUT2D eigenvalue weighted by Crippen LogP contribution is 2.43. The second-order valence-corrected chi connectivity index (χ2v) is 20.7. The number of fused-ring (bicyclic) bond motifs is 3. The number of aromatic amines is 1. The summed E-state index contributed by atoms with van der Waals surface area (Å²) in [6.07, 6.45) is 2.11. The lowest BCUT2D eigenvalue weighted by atomic mass is 9.71. The number of nitrogens with one attached hydrogen (secondary N) is 1. The molecule has 64 heavy (non-hydrogen) atoms. The van der Waals surface area contributed by atoms with Crippen molar-refractivity contribution in [1.29, 1.82) is 0 Å². The Bertz CT molecular complexity index is 2870. The van der Waals surface area contributed by atoms with Crippen molar-refractivity contribution in [1.82, 2.24) is 45.4 Å². The van der Waals surface area contributed by atoms with Gasteiger partial charge >= 0.3 is 0 Å². The van der Waals surface area contributed by atoms with Crippen molar-refractivity contribution in [2.45, 2.75) is 99.3 Å². The predicted octanol–water partition coefficient (Wildman–Crippen LogP) is 12.2. The van der Waals surface area contributed by atoms with E-state index in [4.69, 9.17) is 20.4 Å². The van der Waals surface area contributed by atoms with E-state index in [0.29, 0.717) is 22.5 Å². The molecule has 0 spiro atoms. The first kappa shape index (κ1) is 43.8. The number of phenolic OH excluding ortho intramolecular Hbond substituents is 2. The standard InChI is InChI=1S/C41H50N6O2.C12H9N3/c1-38(2,3)24-40(7,8)28-20-26(36(48)34(22-28)46-42-30-15-11-12-16-31(30)43-46)19-27-21-29(41(9,10)25-39(4,5)6)23-35(37(27)49)47-44-32-17-13-14-18-33(32)45-47;1-2-5-9(6-3-1)10-7-4-8-11-12(10)14-15-13-11/h11-18,20-23,48-49H,19,24-25H2,1-10H3;1-8H,(H,13,14,15). The van der Waals surface area contributed by atoms with E-state index in [1.165, 1.54) is 9.59 Å². The van der Waals surface area contributed by atoms with Gasteiger partial charge in [-0.3, -0.25) is 0 Å². The van der Waals surface area contributed by atoms with Gasteiger partial charge in [-0.1, -0.05) is 148 Å². The van der Waals surface area contributed by atoms with Gasteiger partial charge in [-0.25, -0.2) is 0 Å². The number of rotatable bonds is 9. The minimum absolute atomic E-state index is 0.0702. The third kappa shape index (κ3) is 9.39. The van der Waals surface area contributed by atoms with Gasteiger partial charge in [0.2, 0.25) is 0 Å². The fourth-order valence-electron chi connectivity index (χ4n) is 9.43. The van der Waals surface area contributed by atoms with Crippen LogP contribution in [0.1, 0.15) is 104 Å². The normalized spacial score (nSPS) is 12.5. The number of H-pyrrole nitrogens is 1. The lowest BCUT2D eigenvalue weighted by Crippen LogP contribution is -2.25. The second-order valence-electron chi connectivity index (χ2n) is 20.7. The number of para-hydroxylation sites is 1. The molecule has 0 atom stereocenters. The van der Waals surface area contributed by atoms with E-state index >= 15 is 0 Å². The molecule has 0 bridgehead atoms. The first-order chi connectivity index (χ1) is 30.2. The molecule has 0 unspecified atom stereocenters. The molecular weight excluding hydrogens is 795 g/mol. The highest BCUT2D eigenvalue weighted by atomic mass is 16.3. The summed E-state index contributed by atoms with van der Waals surface area (Å²) in [6, 6.07) is 39.8. The summed E-state index contributed by atoms with van der Waals surface area (Å²) < 4.78 is 0. The minimum Gasteiger partial charge on any atom is -0.505 e. The number of benzene rings is 6. The van der Waals surface area contributed by atoms with Crippen LogP contribution >= 0.6 is 0 Å². The molecule has 9 aromatic rings. The van der Waals surface area contributed by atoms with E-state index in [-0.39, 0.29) is 39.6 Å². The van der Waals surface area contributed by atoms with Crippen LogP contribution in [0, 0.1) is 10.8 Å². The molecule has 6 aromatic carbocycles. The molecule has 0 saturated carbocycles. The molecule has 0 amide bonds. The number of hydrogen-bond acceptors (Lipinski definition) is 8. The topological polar surface area (TPSA) is 143 Å². The Labute approximate surface area is 375 Å². The van der Waals surface area contributed by atoms with Crippen molar-refractivity contribution >= 4 is 33.1 Å². The average molecular weight is 854 g/mol. The maximum atomic E-state index is 12.0. The van der Waals surface area contributed by atoms with E-state index in [9.17, 15) is 10.2 Å². The van der Waals surface area contributed by atoms with E-state index in [2.05, 4.69) is 115 Å². The Hall–Kier alpha value is -6.88. The number of nitrogens with zero attached hydrogens (tertiary/aromatic N) is 8. The van der Waals surface area contributed by atoms with Gasteiger partial charge in [0.1, 0.15) is 56.0 Å². The molecule has 0 radical (unpaired) electrons. The van der Waals surface area contributed by atoms with Crippen molar-refractivity contribution in [2.75, 3.05) is 0 Å². The average Bonchev–Trinajstić information content (AvgIpc) is 4.00. The summed E-state index contributed by atoms with van der Waals surface area (Å²) in [5.74, 6) is 0.165. The fourth-order valence-corrected chi connectivity index (χ4v) is 9.43. The molecule has 9 rings (SSSR count). The van der Waals surface area contributed by atoms with Crippen LogP contribution < -0.4 is 0 Å². The molecule has 3 aromatic heterocycles. The van der Waals surface area contributed by atoms with E-state index < -0.39 is 0 Å². The zero-order chi connectivity index (χ0) is 45.6. The van der Waals surface area contributed by atoms with Gasteiger partial charge in [0.25, 0.3) is 0 Å². The van der Waals surface area contributed by atoms with Crippen molar-refractivity contribution in [2.24, 2.45) is 10.8 Å². The van der Waals surface area contributed by atoms with Crippen LogP contribution in [0.4, 0.5) is 0 Å². The molecular formula is C53H59N9O2. The number of hydrogen-bond donors (Lipinski definition) is 3. The lowest BCUT2D eigenvalue weighted by molar-refractivity contribution is 0.283. The van der Waals surface area contributed by atoms with Crippen LogP contribution in [0.3, 0.4) is 0 Å². The number of aromatic nitrogens is 9.